The molecule has 7 nitrogen and oxygen atoms in total. The van der Waals surface area contributed by atoms with Gasteiger partial charge in [0.05, 0.1) is 30.0 Å². The van der Waals surface area contributed by atoms with Gasteiger partial charge in [0, 0.05) is 45.4 Å². The fourth-order valence-corrected chi connectivity index (χ4v) is 2.52. The molecule has 0 aliphatic carbocycles. The second-order valence-electron chi connectivity index (χ2n) is 5.18. The number of carbonyl (C=O) groups excluding carboxylic acids is 1. The maximum absolute atomic E-state index is 12.4. The molecule has 0 spiro atoms. The Kier molecular flexibility index (Phi) is 3.27. The normalized spacial score (nSPS) is 17.8. The molecule has 3 heterocycles. The van der Waals surface area contributed by atoms with Crippen LogP contribution in [0.25, 0.3) is 0 Å². The second kappa shape index (κ2) is 5.09. The molecule has 20 heavy (non-hydrogen) atoms. The molecule has 0 fully saturated rings. The van der Waals surface area contributed by atoms with Crippen molar-refractivity contribution in [3.8, 4) is 0 Å². The standard InChI is InChI=1S/C13H18N6O/c1-18(6-9-4-17-19(2)7-9)13(20)11-3-10-12(5-14-11)16-8-15-10/h4,7-8,11,14H,3,5-6H2,1-2H3,(H,15,16). The van der Waals surface area contributed by atoms with Gasteiger partial charge in [-0.1, -0.05) is 0 Å². The summed E-state index contributed by atoms with van der Waals surface area (Å²) in [6.45, 7) is 1.23. The minimum atomic E-state index is -0.201. The fourth-order valence-electron chi connectivity index (χ4n) is 2.52. The summed E-state index contributed by atoms with van der Waals surface area (Å²) in [4.78, 5) is 21.5. The summed E-state index contributed by atoms with van der Waals surface area (Å²) in [5.41, 5.74) is 3.08. The maximum Gasteiger partial charge on any atom is 0.240 e. The summed E-state index contributed by atoms with van der Waals surface area (Å²) in [6, 6.07) is -0.201. The average Bonchev–Trinajstić information content (AvgIpc) is 3.05. The first-order valence-corrected chi connectivity index (χ1v) is 6.60. The molecule has 0 saturated heterocycles. The van der Waals surface area contributed by atoms with Crippen LogP contribution in [0.1, 0.15) is 17.0 Å². The van der Waals surface area contributed by atoms with Gasteiger partial charge in [0.1, 0.15) is 0 Å². The number of hydrogen-bond acceptors (Lipinski definition) is 4. The quantitative estimate of drug-likeness (QED) is 0.813. The van der Waals surface area contributed by atoms with Crippen LogP contribution in [-0.4, -0.2) is 43.6 Å². The van der Waals surface area contributed by atoms with Gasteiger partial charge >= 0.3 is 0 Å². The molecular weight excluding hydrogens is 256 g/mol. The van der Waals surface area contributed by atoms with E-state index in [1.165, 1.54) is 0 Å². The van der Waals surface area contributed by atoms with Crippen molar-refractivity contribution in [3.05, 3.63) is 35.7 Å². The van der Waals surface area contributed by atoms with Crippen LogP contribution in [-0.2, 0) is 31.4 Å². The van der Waals surface area contributed by atoms with Crippen molar-refractivity contribution in [3.63, 3.8) is 0 Å². The Morgan fingerprint density at radius 2 is 2.45 bits per heavy atom. The van der Waals surface area contributed by atoms with Crippen molar-refractivity contribution < 1.29 is 4.79 Å². The first-order valence-electron chi connectivity index (χ1n) is 6.60. The van der Waals surface area contributed by atoms with E-state index in [0.717, 1.165) is 17.0 Å². The highest BCUT2D eigenvalue weighted by Gasteiger charge is 2.27. The highest BCUT2D eigenvalue weighted by molar-refractivity contribution is 5.82. The lowest BCUT2D eigenvalue weighted by Crippen LogP contribution is -2.48. The molecule has 2 N–H and O–H groups in total. The lowest BCUT2D eigenvalue weighted by atomic mass is 10.0. The number of aromatic nitrogens is 4. The van der Waals surface area contributed by atoms with Crippen LogP contribution in [0.4, 0.5) is 0 Å². The molecular formula is C13H18N6O. The predicted octanol–water partition coefficient (Wildman–Crippen LogP) is -0.184. The predicted molar refractivity (Wildman–Crippen MR) is 72.6 cm³/mol. The number of amides is 1. The molecule has 0 radical (unpaired) electrons. The zero-order valence-electron chi connectivity index (χ0n) is 11.6. The summed E-state index contributed by atoms with van der Waals surface area (Å²) in [7, 11) is 3.68. The minimum Gasteiger partial charge on any atom is -0.347 e. The number of nitrogens with one attached hydrogen (secondary N) is 2. The molecule has 0 aromatic carbocycles. The van der Waals surface area contributed by atoms with E-state index in [1.54, 1.807) is 22.1 Å². The van der Waals surface area contributed by atoms with Crippen molar-refractivity contribution >= 4 is 5.91 Å². The van der Waals surface area contributed by atoms with E-state index in [2.05, 4.69) is 20.4 Å². The van der Waals surface area contributed by atoms with Crippen LogP contribution in [0.5, 0.6) is 0 Å². The van der Waals surface area contributed by atoms with Crippen molar-refractivity contribution in [2.75, 3.05) is 7.05 Å². The summed E-state index contributed by atoms with van der Waals surface area (Å²) >= 11 is 0. The van der Waals surface area contributed by atoms with Crippen LogP contribution in [0.2, 0.25) is 0 Å². The Morgan fingerprint density at radius 1 is 1.60 bits per heavy atom. The van der Waals surface area contributed by atoms with E-state index >= 15 is 0 Å². The van der Waals surface area contributed by atoms with Gasteiger partial charge in [-0.15, -0.1) is 0 Å². The number of aromatic amines is 1. The van der Waals surface area contributed by atoms with E-state index in [0.29, 0.717) is 19.5 Å². The Labute approximate surface area is 117 Å². The second-order valence-corrected chi connectivity index (χ2v) is 5.18. The molecule has 106 valence electrons. The van der Waals surface area contributed by atoms with Crippen LogP contribution in [0.15, 0.2) is 18.7 Å². The summed E-state index contributed by atoms with van der Waals surface area (Å²) in [6.07, 6.45) is 6.02. The Morgan fingerprint density at radius 3 is 3.20 bits per heavy atom. The molecule has 1 aliphatic rings. The topological polar surface area (TPSA) is 78.8 Å². The number of likely N-dealkylation sites (N-methyl/N-ethyl adjacent to an activating group) is 1. The van der Waals surface area contributed by atoms with Gasteiger partial charge in [-0.3, -0.25) is 14.8 Å². The van der Waals surface area contributed by atoms with Crippen molar-refractivity contribution in [2.45, 2.75) is 25.6 Å². The molecule has 2 aromatic heterocycles. The van der Waals surface area contributed by atoms with E-state index in [9.17, 15) is 4.79 Å². The van der Waals surface area contributed by atoms with E-state index in [1.807, 2.05) is 20.3 Å². The van der Waals surface area contributed by atoms with E-state index in [4.69, 9.17) is 0 Å². The highest BCUT2D eigenvalue weighted by atomic mass is 16.2. The number of rotatable bonds is 3. The number of carbonyl (C=O) groups is 1. The number of imidazole rings is 1. The first-order chi connectivity index (χ1) is 9.63. The third kappa shape index (κ3) is 2.44. The Hall–Kier alpha value is -2.15. The smallest absolute Gasteiger partial charge is 0.240 e. The van der Waals surface area contributed by atoms with Crippen molar-refractivity contribution in [2.24, 2.45) is 7.05 Å². The zero-order valence-corrected chi connectivity index (χ0v) is 11.6. The van der Waals surface area contributed by atoms with Crippen LogP contribution < -0.4 is 5.32 Å². The number of nitrogens with zero attached hydrogens (tertiary/aromatic N) is 4. The monoisotopic (exact) mass is 274 g/mol. The van der Waals surface area contributed by atoms with Crippen molar-refractivity contribution in [1.29, 1.82) is 0 Å². The molecule has 0 bridgehead atoms. The zero-order chi connectivity index (χ0) is 14.1. The van der Waals surface area contributed by atoms with Gasteiger partial charge in [0.2, 0.25) is 5.91 Å². The van der Waals surface area contributed by atoms with E-state index in [-0.39, 0.29) is 11.9 Å². The molecule has 1 amide bonds. The summed E-state index contributed by atoms with van der Waals surface area (Å²) in [5.74, 6) is 0.0857. The van der Waals surface area contributed by atoms with Gasteiger partial charge in [-0.25, -0.2) is 4.98 Å². The van der Waals surface area contributed by atoms with Crippen molar-refractivity contribution in [1.82, 2.24) is 30.0 Å². The Balaban J connectivity index is 1.64. The van der Waals surface area contributed by atoms with Gasteiger partial charge < -0.3 is 9.88 Å². The summed E-state index contributed by atoms with van der Waals surface area (Å²) in [5, 5.41) is 7.36. The van der Waals surface area contributed by atoms with Gasteiger partial charge in [0.15, 0.2) is 0 Å². The van der Waals surface area contributed by atoms with Gasteiger partial charge in [0.25, 0.3) is 0 Å². The average molecular weight is 274 g/mol. The molecule has 1 unspecified atom stereocenters. The van der Waals surface area contributed by atoms with Gasteiger partial charge in [-0.2, -0.15) is 5.10 Å². The molecule has 1 atom stereocenters. The SMILES string of the molecule is CN(Cc1cnn(C)c1)C(=O)C1Cc2nc[nH]c2CN1. The molecule has 7 heteroatoms. The third-order valence-corrected chi connectivity index (χ3v) is 3.58. The first kappa shape index (κ1) is 12.9. The van der Waals surface area contributed by atoms with Gasteiger partial charge in [-0.05, 0) is 0 Å². The summed E-state index contributed by atoms with van der Waals surface area (Å²) < 4.78 is 1.74. The third-order valence-electron chi connectivity index (χ3n) is 3.58. The van der Waals surface area contributed by atoms with Crippen LogP contribution in [0.3, 0.4) is 0 Å². The van der Waals surface area contributed by atoms with Crippen LogP contribution in [0, 0.1) is 0 Å². The highest BCUT2D eigenvalue weighted by Crippen LogP contribution is 2.14. The molecule has 0 saturated carbocycles. The number of H-pyrrole nitrogens is 1. The number of aryl methyl sites for hydroxylation is 1. The lowest BCUT2D eigenvalue weighted by Gasteiger charge is -2.26. The number of hydrogen-bond donors (Lipinski definition) is 2. The number of fused-ring (bicyclic) bond motifs is 1. The molecule has 2 aromatic rings. The van der Waals surface area contributed by atoms with Crippen LogP contribution >= 0.6 is 0 Å². The van der Waals surface area contributed by atoms with E-state index < -0.39 is 0 Å². The minimum absolute atomic E-state index is 0.0857. The largest absolute Gasteiger partial charge is 0.347 e. The molecule has 3 rings (SSSR count). The lowest BCUT2D eigenvalue weighted by molar-refractivity contribution is -0.132. The maximum atomic E-state index is 12.4. The Bertz CT molecular complexity index is 616. The fraction of sp³-hybridized carbons (Fsp3) is 0.462. The molecule has 1 aliphatic heterocycles.